The molecule has 6 heteroatoms. The minimum atomic E-state index is -4.65. The average Bonchev–Trinajstić information content (AvgIpc) is 2.07. The number of hydrogen-bond donors (Lipinski definition) is 0. The lowest BCUT2D eigenvalue weighted by atomic mass is 10.1. The van der Waals surface area contributed by atoms with Crippen molar-refractivity contribution < 1.29 is 17.6 Å². The van der Waals surface area contributed by atoms with E-state index in [0.29, 0.717) is 12.1 Å². The van der Waals surface area contributed by atoms with E-state index in [1.54, 1.807) is 0 Å². The SMILES string of the molecule is N#Cc1c(C(F)(F)F)ccc(F)c1Br. The van der Waals surface area contributed by atoms with Crippen LogP contribution in [0.15, 0.2) is 16.6 Å². The van der Waals surface area contributed by atoms with Gasteiger partial charge in [0.15, 0.2) is 0 Å². The monoisotopic (exact) mass is 267 g/mol. The van der Waals surface area contributed by atoms with E-state index in [0.717, 1.165) is 0 Å². The van der Waals surface area contributed by atoms with Crippen LogP contribution in [0.2, 0.25) is 0 Å². The second-order valence-electron chi connectivity index (χ2n) is 2.39. The second-order valence-corrected chi connectivity index (χ2v) is 3.19. The van der Waals surface area contributed by atoms with E-state index in [1.807, 2.05) is 0 Å². The smallest absolute Gasteiger partial charge is 0.206 e. The molecule has 0 bridgehead atoms. The number of nitrogens with zero attached hydrogens (tertiary/aromatic N) is 1. The first-order valence-corrected chi connectivity index (χ1v) is 4.12. The zero-order valence-corrected chi connectivity index (χ0v) is 8.08. The number of benzene rings is 1. The number of hydrogen-bond acceptors (Lipinski definition) is 1. The summed E-state index contributed by atoms with van der Waals surface area (Å²) in [5, 5.41) is 8.44. The van der Waals surface area contributed by atoms with E-state index in [1.165, 1.54) is 6.07 Å². The van der Waals surface area contributed by atoms with E-state index in [4.69, 9.17) is 5.26 Å². The maximum absolute atomic E-state index is 12.8. The lowest BCUT2D eigenvalue weighted by Gasteiger charge is -2.09. The molecule has 0 aromatic heterocycles. The molecule has 1 nitrogen and oxygen atoms in total. The third kappa shape index (κ3) is 1.87. The Bertz CT molecular complexity index is 405. The molecule has 0 unspecified atom stereocenters. The summed E-state index contributed by atoms with van der Waals surface area (Å²) in [5.41, 5.74) is -1.88. The molecule has 0 aliphatic heterocycles. The van der Waals surface area contributed by atoms with Crippen molar-refractivity contribution in [2.24, 2.45) is 0 Å². The number of nitriles is 1. The van der Waals surface area contributed by atoms with Crippen molar-refractivity contribution in [3.05, 3.63) is 33.5 Å². The van der Waals surface area contributed by atoms with Gasteiger partial charge in [-0.15, -0.1) is 0 Å². The van der Waals surface area contributed by atoms with Gasteiger partial charge in [0.25, 0.3) is 0 Å². The van der Waals surface area contributed by atoms with Gasteiger partial charge in [-0.1, -0.05) is 0 Å². The molecule has 0 aliphatic carbocycles. The Labute approximate surface area is 85.1 Å². The Balaban J connectivity index is 3.49. The van der Waals surface area contributed by atoms with Crippen LogP contribution < -0.4 is 0 Å². The van der Waals surface area contributed by atoms with Crippen LogP contribution in [-0.2, 0) is 6.18 Å². The largest absolute Gasteiger partial charge is 0.417 e. The predicted octanol–water partition coefficient (Wildman–Crippen LogP) is 3.48. The van der Waals surface area contributed by atoms with Gasteiger partial charge in [0, 0.05) is 0 Å². The lowest BCUT2D eigenvalue weighted by Crippen LogP contribution is -2.08. The van der Waals surface area contributed by atoms with Crippen LogP contribution in [0.4, 0.5) is 17.6 Å². The first-order chi connectivity index (χ1) is 6.38. The van der Waals surface area contributed by atoms with E-state index in [-0.39, 0.29) is 0 Å². The highest BCUT2D eigenvalue weighted by Crippen LogP contribution is 2.35. The molecular formula is C8H2BrF4N. The molecular weight excluding hydrogens is 266 g/mol. The zero-order chi connectivity index (χ0) is 10.9. The highest BCUT2D eigenvalue weighted by Gasteiger charge is 2.34. The van der Waals surface area contributed by atoms with Crippen molar-refractivity contribution in [1.29, 1.82) is 5.26 Å². The fraction of sp³-hybridized carbons (Fsp3) is 0.125. The standard InChI is InChI=1S/C8H2BrF4N/c9-7-4(3-14)5(8(11,12)13)1-2-6(7)10/h1-2H. The van der Waals surface area contributed by atoms with Crippen molar-refractivity contribution in [3.63, 3.8) is 0 Å². The van der Waals surface area contributed by atoms with Crippen LogP contribution in [0, 0.1) is 17.1 Å². The van der Waals surface area contributed by atoms with Crippen LogP contribution in [0.5, 0.6) is 0 Å². The predicted molar refractivity (Wildman–Crippen MR) is 43.8 cm³/mol. The highest BCUT2D eigenvalue weighted by atomic mass is 79.9. The molecule has 0 atom stereocenters. The van der Waals surface area contributed by atoms with E-state index in [2.05, 4.69) is 15.9 Å². The molecule has 1 aromatic rings. The van der Waals surface area contributed by atoms with Crippen LogP contribution in [0.1, 0.15) is 11.1 Å². The quantitative estimate of drug-likeness (QED) is 0.661. The van der Waals surface area contributed by atoms with Crippen molar-refractivity contribution in [1.82, 2.24) is 0 Å². The van der Waals surface area contributed by atoms with E-state index >= 15 is 0 Å². The average molecular weight is 268 g/mol. The van der Waals surface area contributed by atoms with Gasteiger partial charge in [-0.05, 0) is 28.1 Å². The van der Waals surface area contributed by atoms with E-state index < -0.39 is 27.6 Å². The number of alkyl halides is 3. The molecule has 0 spiro atoms. The summed E-state index contributed by atoms with van der Waals surface area (Å²) in [6.45, 7) is 0. The van der Waals surface area contributed by atoms with Gasteiger partial charge in [0.05, 0.1) is 15.6 Å². The number of rotatable bonds is 0. The van der Waals surface area contributed by atoms with Crippen LogP contribution in [0.3, 0.4) is 0 Å². The minimum absolute atomic E-state index is 0.463. The van der Waals surface area contributed by atoms with Gasteiger partial charge in [0.1, 0.15) is 11.9 Å². The Morgan fingerprint density at radius 1 is 1.29 bits per heavy atom. The summed E-state index contributed by atoms with van der Waals surface area (Å²) in [5.74, 6) is -0.894. The van der Waals surface area contributed by atoms with Gasteiger partial charge in [-0.2, -0.15) is 18.4 Å². The summed E-state index contributed by atoms with van der Waals surface area (Å²) in [6, 6.07) is 2.51. The highest BCUT2D eigenvalue weighted by molar-refractivity contribution is 9.10. The molecule has 1 aromatic carbocycles. The second kappa shape index (κ2) is 3.58. The Morgan fingerprint density at radius 2 is 1.86 bits per heavy atom. The summed E-state index contributed by atoms with van der Waals surface area (Å²) in [6.07, 6.45) is -4.65. The minimum Gasteiger partial charge on any atom is -0.206 e. The van der Waals surface area contributed by atoms with Gasteiger partial charge < -0.3 is 0 Å². The van der Waals surface area contributed by atoms with Crippen molar-refractivity contribution in [3.8, 4) is 6.07 Å². The summed E-state index contributed by atoms with van der Waals surface area (Å²) >= 11 is 2.59. The molecule has 0 aliphatic rings. The summed E-state index contributed by atoms with van der Waals surface area (Å²) < 4.78 is 49.1. The van der Waals surface area contributed by atoms with Gasteiger partial charge in [-0.25, -0.2) is 4.39 Å². The van der Waals surface area contributed by atoms with Crippen LogP contribution >= 0.6 is 15.9 Å². The fourth-order valence-electron chi connectivity index (χ4n) is 0.896. The van der Waals surface area contributed by atoms with E-state index in [9.17, 15) is 17.6 Å². The molecule has 1 rings (SSSR count). The molecule has 0 radical (unpaired) electrons. The molecule has 0 fully saturated rings. The maximum atomic E-state index is 12.8. The first-order valence-electron chi connectivity index (χ1n) is 3.33. The zero-order valence-electron chi connectivity index (χ0n) is 6.49. The maximum Gasteiger partial charge on any atom is 0.417 e. The van der Waals surface area contributed by atoms with Gasteiger partial charge in [-0.3, -0.25) is 0 Å². The van der Waals surface area contributed by atoms with Crippen molar-refractivity contribution in [2.45, 2.75) is 6.18 Å². The van der Waals surface area contributed by atoms with Crippen molar-refractivity contribution in [2.75, 3.05) is 0 Å². The first kappa shape index (κ1) is 11.0. The normalized spacial score (nSPS) is 11.1. The van der Waals surface area contributed by atoms with Crippen molar-refractivity contribution >= 4 is 15.9 Å². The molecule has 14 heavy (non-hydrogen) atoms. The third-order valence-corrected chi connectivity index (χ3v) is 2.29. The Hall–Kier alpha value is -1.09. The number of halogens is 5. The molecule has 0 amide bonds. The van der Waals surface area contributed by atoms with Crippen LogP contribution in [-0.4, -0.2) is 0 Å². The third-order valence-electron chi connectivity index (χ3n) is 1.51. The van der Waals surface area contributed by atoms with Gasteiger partial charge >= 0.3 is 6.18 Å². The van der Waals surface area contributed by atoms with Gasteiger partial charge in [0.2, 0.25) is 0 Å². The lowest BCUT2D eigenvalue weighted by molar-refractivity contribution is -0.137. The molecule has 0 saturated carbocycles. The molecule has 0 saturated heterocycles. The molecule has 0 heterocycles. The molecule has 74 valence electrons. The van der Waals surface area contributed by atoms with Crippen LogP contribution in [0.25, 0.3) is 0 Å². The Morgan fingerprint density at radius 3 is 2.29 bits per heavy atom. The summed E-state index contributed by atoms with van der Waals surface area (Å²) in [7, 11) is 0. The molecule has 0 N–H and O–H groups in total. The summed E-state index contributed by atoms with van der Waals surface area (Å²) in [4.78, 5) is 0. The topological polar surface area (TPSA) is 23.8 Å². The fourth-order valence-corrected chi connectivity index (χ4v) is 1.33. The Kier molecular flexibility index (Phi) is 2.81.